The van der Waals surface area contributed by atoms with Gasteiger partial charge >= 0.3 is 0 Å². The van der Waals surface area contributed by atoms with Gasteiger partial charge in [0.15, 0.2) is 0 Å². The summed E-state index contributed by atoms with van der Waals surface area (Å²) in [6.45, 7) is 5.63. The molecule has 0 bridgehead atoms. The molecule has 1 amide bonds. The second-order valence-corrected chi connectivity index (χ2v) is 5.95. The molecule has 0 spiro atoms. The van der Waals surface area contributed by atoms with Gasteiger partial charge in [0.25, 0.3) is 0 Å². The first-order chi connectivity index (χ1) is 10.6. The van der Waals surface area contributed by atoms with Crippen LogP contribution in [0.3, 0.4) is 0 Å². The van der Waals surface area contributed by atoms with Crippen molar-refractivity contribution in [1.29, 1.82) is 0 Å². The molecule has 2 rings (SSSR count). The van der Waals surface area contributed by atoms with Gasteiger partial charge < -0.3 is 5.32 Å². The average Bonchev–Trinajstić information content (AvgIpc) is 2.52. The minimum Gasteiger partial charge on any atom is -0.348 e. The number of hydrogen-bond donors (Lipinski definition) is 1. The Bertz CT molecular complexity index is 618. The van der Waals surface area contributed by atoms with Crippen LogP contribution in [0.4, 0.5) is 0 Å². The number of amides is 1. The van der Waals surface area contributed by atoms with Crippen molar-refractivity contribution in [3.05, 3.63) is 48.0 Å². The Balaban J connectivity index is 2.02. The summed E-state index contributed by atoms with van der Waals surface area (Å²) < 4.78 is 0. The summed E-state index contributed by atoms with van der Waals surface area (Å²) >= 11 is 0. The van der Waals surface area contributed by atoms with Crippen molar-refractivity contribution in [3.63, 3.8) is 0 Å². The van der Waals surface area contributed by atoms with E-state index in [0.717, 1.165) is 19.4 Å². The molecule has 0 radical (unpaired) electrons. The maximum Gasteiger partial charge on any atom is 0.234 e. The molecule has 0 aliphatic carbocycles. The number of hydrogen-bond acceptors (Lipinski definition) is 2. The number of nitrogens with zero attached hydrogens (tertiary/aromatic N) is 1. The maximum atomic E-state index is 12.2. The van der Waals surface area contributed by atoms with Gasteiger partial charge in [0, 0.05) is 0 Å². The Labute approximate surface area is 133 Å². The fourth-order valence-corrected chi connectivity index (χ4v) is 2.75. The van der Waals surface area contributed by atoms with Crippen LogP contribution in [0.1, 0.15) is 38.3 Å². The molecule has 0 aromatic heterocycles. The summed E-state index contributed by atoms with van der Waals surface area (Å²) in [5.74, 6) is 0.0824. The molecule has 3 nitrogen and oxygen atoms in total. The first-order valence-corrected chi connectivity index (χ1v) is 8.07. The zero-order valence-corrected chi connectivity index (χ0v) is 13.8. The number of carbonyl (C=O) groups is 1. The van der Waals surface area contributed by atoms with E-state index in [4.69, 9.17) is 0 Å². The van der Waals surface area contributed by atoms with Crippen LogP contribution in [0.15, 0.2) is 42.5 Å². The van der Waals surface area contributed by atoms with E-state index in [1.165, 1.54) is 16.3 Å². The summed E-state index contributed by atoms with van der Waals surface area (Å²) in [4.78, 5) is 14.3. The Hall–Kier alpha value is -1.87. The normalized spacial score (nSPS) is 12.5. The first kappa shape index (κ1) is 16.5. The second-order valence-electron chi connectivity index (χ2n) is 5.95. The number of rotatable bonds is 7. The number of benzene rings is 2. The van der Waals surface area contributed by atoms with E-state index in [1.54, 1.807) is 0 Å². The highest BCUT2D eigenvalue weighted by Gasteiger charge is 2.13. The van der Waals surface area contributed by atoms with Crippen LogP contribution in [0.5, 0.6) is 0 Å². The van der Waals surface area contributed by atoms with Crippen LogP contribution < -0.4 is 5.32 Å². The maximum absolute atomic E-state index is 12.2. The van der Waals surface area contributed by atoms with E-state index < -0.39 is 0 Å². The third-order valence-corrected chi connectivity index (χ3v) is 3.97. The van der Waals surface area contributed by atoms with Crippen LogP contribution >= 0.6 is 0 Å². The van der Waals surface area contributed by atoms with Crippen molar-refractivity contribution < 1.29 is 4.79 Å². The van der Waals surface area contributed by atoms with Gasteiger partial charge in [-0.1, -0.05) is 55.8 Å². The molecule has 1 unspecified atom stereocenters. The fourth-order valence-electron chi connectivity index (χ4n) is 2.75. The molecule has 1 N–H and O–H groups in total. The Morgan fingerprint density at radius 1 is 1.18 bits per heavy atom. The lowest BCUT2D eigenvalue weighted by molar-refractivity contribution is -0.122. The molecule has 2 aromatic carbocycles. The minimum absolute atomic E-state index is 0.0122. The molecule has 22 heavy (non-hydrogen) atoms. The lowest BCUT2D eigenvalue weighted by atomic mass is 10.00. The zero-order chi connectivity index (χ0) is 15.9. The summed E-state index contributed by atoms with van der Waals surface area (Å²) in [5, 5.41) is 5.53. The minimum atomic E-state index is 0.0122. The molecule has 1 atom stereocenters. The van der Waals surface area contributed by atoms with E-state index in [0.29, 0.717) is 6.54 Å². The molecule has 0 saturated heterocycles. The smallest absolute Gasteiger partial charge is 0.234 e. The summed E-state index contributed by atoms with van der Waals surface area (Å²) in [5.41, 5.74) is 1.17. The van der Waals surface area contributed by atoms with Crippen LogP contribution in [0.2, 0.25) is 0 Å². The zero-order valence-electron chi connectivity index (χ0n) is 13.8. The molecule has 0 heterocycles. The van der Waals surface area contributed by atoms with Crippen molar-refractivity contribution in [3.8, 4) is 0 Å². The van der Waals surface area contributed by atoms with E-state index >= 15 is 0 Å². The predicted molar refractivity (Wildman–Crippen MR) is 92.9 cm³/mol. The summed E-state index contributed by atoms with van der Waals surface area (Å²) in [6.07, 6.45) is 2.28. The molecule has 0 fully saturated rings. The Morgan fingerprint density at radius 2 is 1.91 bits per heavy atom. The predicted octanol–water partition coefficient (Wildman–Crippen LogP) is 3.75. The molecular formula is C19H26N2O. The number of nitrogens with one attached hydrogen (secondary N) is 1. The largest absolute Gasteiger partial charge is 0.348 e. The highest BCUT2D eigenvalue weighted by Crippen LogP contribution is 2.23. The highest BCUT2D eigenvalue weighted by molar-refractivity contribution is 5.87. The fraction of sp³-hybridized carbons (Fsp3) is 0.421. The molecule has 0 saturated carbocycles. The SMILES string of the molecule is CCCCN(C)CC(=O)NC(C)c1cccc2ccccc12. The number of carbonyl (C=O) groups excluding carboxylic acids is 1. The van der Waals surface area contributed by atoms with Gasteiger partial charge in [-0.2, -0.15) is 0 Å². The van der Waals surface area contributed by atoms with Crippen molar-refractivity contribution >= 4 is 16.7 Å². The van der Waals surface area contributed by atoms with Crippen molar-refractivity contribution in [1.82, 2.24) is 10.2 Å². The van der Waals surface area contributed by atoms with Crippen LogP contribution in [0, 0.1) is 0 Å². The topological polar surface area (TPSA) is 32.3 Å². The standard InChI is InChI=1S/C19H26N2O/c1-4-5-13-21(3)14-19(22)20-15(2)17-12-8-10-16-9-6-7-11-18(16)17/h6-12,15H,4-5,13-14H2,1-3H3,(H,20,22). The van der Waals surface area contributed by atoms with Gasteiger partial charge in [-0.25, -0.2) is 0 Å². The van der Waals surface area contributed by atoms with Crippen molar-refractivity contribution in [2.45, 2.75) is 32.7 Å². The van der Waals surface area contributed by atoms with Crippen molar-refractivity contribution in [2.75, 3.05) is 20.1 Å². The molecule has 0 aliphatic heterocycles. The molecular weight excluding hydrogens is 272 g/mol. The third kappa shape index (κ3) is 4.31. The van der Waals surface area contributed by atoms with E-state index in [9.17, 15) is 4.79 Å². The highest BCUT2D eigenvalue weighted by atomic mass is 16.2. The monoisotopic (exact) mass is 298 g/mol. The Morgan fingerprint density at radius 3 is 2.68 bits per heavy atom. The lowest BCUT2D eigenvalue weighted by Gasteiger charge is -2.20. The number of likely N-dealkylation sites (N-methyl/N-ethyl adjacent to an activating group) is 1. The van der Waals surface area contributed by atoms with Gasteiger partial charge in [0.1, 0.15) is 0 Å². The van der Waals surface area contributed by atoms with E-state index in [2.05, 4.69) is 41.4 Å². The van der Waals surface area contributed by atoms with Crippen LogP contribution in [-0.2, 0) is 4.79 Å². The Kier molecular flexibility index (Phi) is 5.96. The van der Waals surface area contributed by atoms with Crippen LogP contribution in [0.25, 0.3) is 10.8 Å². The molecule has 3 heteroatoms. The number of unbranched alkanes of at least 4 members (excludes halogenated alkanes) is 1. The first-order valence-electron chi connectivity index (χ1n) is 8.07. The van der Waals surface area contributed by atoms with Gasteiger partial charge in [-0.3, -0.25) is 9.69 Å². The van der Waals surface area contributed by atoms with E-state index in [1.807, 2.05) is 32.2 Å². The number of fused-ring (bicyclic) bond motifs is 1. The summed E-state index contributed by atoms with van der Waals surface area (Å²) in [6, 6.07) is 14.6. The lowest BCUT2D eigenvalue weighted by Crippen LogP contribution is -2.36. The van der Waals surface area contributed by atoms with Crippen LogP contribution in [-0.4, -0.2) is 30.9 Å². The summed E-state index contributed by atoms with van der Waals surface area (Å²) in [7, 11) is 2.00. The average molecular weight is 298 g/mol. The van der Waals surface area contributed by atoms with Gasteiger partial charge in [0.2, 0.25) is 5.91 Å². The van der Waals surface area contributed by atoms with Gasteiger partial charge in [-0.05, 0) is 43.3 Å². The van der Waals surface area contributed by atoms with Crippen molar-refractivity contribution in [2.24, 2.45) is 0 Å². The second kappa shape index (κ2) is 7.95. The van der Waals surface area contributed by atoms with Gasteiger partial charge in [0.05, 0.1) is 12.6 Å². The van der Waals surface area contributed by atoms with E-state index in [-0.39, 0.29) is 11.9 Å². The molecule has 0 aliphatic rings. The quantitative estimate of drug-likeness (QED) is 0.844. The van der Waals surface area contributed by atoms with Gasteiger partial charge in [-0.15, -0.1) is 0 Å². The molecule has 118 valence electrons. The molecule has 2 aromatic rings. The third-order valence-electron chi connectivity index (χ3n) is 3.97.